The third kappa shape index (κ3) is 4.08. The second-order valence-electron chi connectivity index (χ2n) is 9.45. The first-order chi connectivity index (χ1) is 13.1. The van der Waals surface area contributed by atoms with Crippen LogP contribution in [0.4, 0.5) is 5.69 Å². The molecule has 0 aromatic heterocycles. The van der Waals surface area contributed by atoms with Gasteiger partial charge in [0.1, 0.15) is 0 Å². The van der Waals surface area contributed by atoms with Crippen LogP contribution < -0.4 is 4.90 Å². The molecule has 0 bridgehead atoms. The van der Waals surface area contributed by atoms with E-state index in [2.05, 4.69) is 54.0 Å². The van der Waals surface area contributed by atoms with E-state index < -0.39 is 0 Å². The Bertz CT molecular complexity index is 592. The average Bonchev–Trinajstić information content (AvgIpc) is 3.07. The van der Waals surface area contributed by atoms with Gasteiger partial charge in [-0.2, -0.15) is 0 Å². The van der Waals surface area contributed by atoms with Gasteiger partial charge in [0, 0.05) is 38.5 Å². The minimum Gasteiger partial charge on any atom is -0.379 e. The van der Waals surface area contributed by atoms with Crippen molar-refractivity contribution in [3.05, 3.63) is 30.3 Å². The smallest absolute Gasteiger partial charge is 0.0820 e. The minimum atomic E-state index is 0. The lowest BCUT2D eigenvalue weighted by molar-refractivity contribution is 0.00535. The molecule has 2 aliphatic heterocycles. The van der Waals surface area contributed by atoms with Gasteiger partial charge >= 0.3 is 0 Å². The number of benzene rings is 1. The Labute approximate surface area is 178 Å². The largest absolute Gasteiger partial charge is 0.379 e. The number of methoxy groups -OCH3 is 1. The van der Waals surface area contributed by atoms with Crippen LogP contribution >= 0.6 is 12.4 Å². The maximum Gasteiger partial charge on any atom is 0.0820 e. The summed E-state index contributed by atoms with van der Waals surface area (Å²) >= 11 is 0. The van der Waals surface area contributed by atoms with Crippen molar-refractivity contribution in [2.45, 2.75) is 76.5 Å². The summed E-state index contributed by atoms with van der Waals surface area (Å²) in [6, 6.07) is 11.8. The number of hydrogen-bond donors (Lipinski definition) is 0. The van der Waals surface area contributed by atoms with Crippen molar-refractivity contribution >= 4 is 18.1 Å². The van der Waals surface area contributed by atoms with Crippen molar-refractivity contribution in [3.63, 3.8) is 0 Å². The molecule has 1 saturated carbocycles. The van der Waals surface area contributed by atoms with E-state index in [0.717, 1.165) is 30.8 Å². The van der Waals surface area contributed by atoms with E-state index in [-0.39, 0.29) is 17.9 Å². The molecule has 3 aliphatic rings. The second kappa shape index (κ2) is 9.36. The lowest BCUT2D eigenvalue weighted by Gasteiger charge is -2.50. The predicted octanol–water partition coefficient (Wildman–Crippen LogP) is 5.38. The molecule has 1 spiro atoms. The van der Waals surface area contributed by atoms with Gasteiger partial charge in [-0.05, 0) is 68.9 Å². The lowest BCUT2D eigenvalue weighted by atomic mass is 9.77. The Morgan fingerprint density at radius 2 is 1.57 bits per heavy atom. The summed E-state index contributed by atoms with van der Waals surface area (Å²) < 4.78 is 6.02. The van der Waals surface area contributed by atoms with Crippen LogP contribution in [-0.4, -0.2) is 49.3 Å². The van der Waals surface area contributed by atoms with Gasteiger partial charge in [0.25, 0.3) is 0 Å². The molecule has 1 aromatic rings. The summed E-state index contributed by atoms with van der Waals surface area (Å²) in [5.41, 5.74) is 1.57. The first-order valence-corrected chi connectivity index (χ1v) is 11.2. The molecule has 4 rings (SSSR count). The molecule has 0 N–H and O–H groups in total. The Morgan fingerprint density at radius 3 is 2.14 bits per heavy atom. The van der Waals surface area contributed by atoms with Crippen molar-refractivity contribution < 1.29 is 4.74 Å². The highest BCUT2D eigenvalue weighted by Crippen LogP contribution is 2.44. The van der Waals surface area contributed by atoms with E-state index in [1.54, 1.807) is 0 Å². The van der Waals surface area contributed by atoms with Crippen LogP contribution in [0.25, 0.3) is 0 Å². The molecule has 2 heterocycles. The fourth-order valence-corrected chi connectivity index (χ4v) is 6.24. The van der Waals surface area contributed by atoms with Crippen molar-refractivity contribution in [2.75, 3.05) is 31.6 Å². The van der Waals surface area contributed by atoms with Crippen LogP contribution in [-0.2, 0) is 4.74 Å². The molecule has 0 radical (unpaired) electrons. The van der Waals surface area contributed by atoms with Crippen LogP contribution in [0.15, 0.2) is 30.3 Å². The molecule has 4 heteroatoms. The molecule has 3 nitrogen and oxygen atoms in total. The molecule has 1 aromatic carbocycles. The number of para-hydroxylation sites is 1. The summed E-state index contributed by atoms with van der Waals surface area (Å²) in [7, 11) is 1.92. The number of likely N-dealkylation sites (tertiary alicyclic amines) is 1. The zero-order valence-electron chi connectivity index (χ0n) is 18.0. The molecule has 28 heavy (non-hydrogen) atoms. The van der Waals surface area contributed by atoms with Crippen LogP contribution in [0.3, 0.4) is 0 Å². The Balaban J connectivity index is 0.00000225. The predicted molar refractivity (Wildman–Crippen MR) is 121 cm³/mol. The van der Waals surface area contributed by atoms with E-state index in [4.69, 9.17) is 4.74 Å². The van der Waals surface area contributed by atoms with E-state index in [1.807, 2.05) is 7.11 Å². The monoisotopic (exact) mass is 406 g/mol. The van der Waals surface area contributed by atoms with E-state index in [0.29, 0.717) is 6.10 Å². The van der Waals surface area contributed by atoms with Crippen LogP contribution in [0.1, 0.15) is 58.8 Å². The number of rotatable bonds is 4. The van der Waals surface area contributed by atoms with Crippen LogP contribution in [0, 0.1) is 11.8 Å². The normalized spacial score (nSPS) is 30.6. The van der Waals surface area contributed by atoms with E-state index in [1.165, 1.54) is 57.3 Å². The number of halogens is 1. The van der Waals surface area contributed by atoms with Gasteiger partial charge in [-0.3, -0.25) is 0 Å². The van der Waals surface area contributed by atoms with E-state index in [9.17, 15) is 0 Å². The second-order valence-corrected chi connectivity index (χ2v) is 9.45. The van der Waals surface area contributed by atoms with E-state index >= 15 is 0 Å². The quantitative estimate of drug-likeness (QED) is 0.667. The van der Waals surface area contributed by atoms with Gasteiger partial charge in [0.2, 0.25) is 0 Å². The van der Waals surface area contributed by atoms with Crippen molar-refractivity contribution in [3.8, 4) is 0 Å². The standard InChI is InChI=1S/C24H38N2O.ClH/c1-19(2)20-9-11-21(12-10-20)25-17-14-24(15-18-25)23(27-3)13-16-26(24)22-7-5-4-6-8-22;/h4-8,19-21,23H,9-18H2,1-3H3;1H. The molecule has 3 fully saturated rings. The molecular formula is C24H39ClN2O. The number of ether oxygens (including phenoxy) is 1. The van der Waals surface area contributed by atoms with Gasteiger partial charge in [-0.1, -0.05) is 32.0 Å². The summed E-state index contributed by atoms with van der Waals surface area (Å²) in [4.78, 5) is 5.49. The third-order valence-electron chi connectivity index (χ3n) is 7.97. The topological polar surface area (TPSA) is 15.7 Å². The number of piperidine rings is 1. The fourth-order valence-electron chi connectivity index (χ4n) is 6.24. The first-order valence-electron chi connectivity index (χ1n) is 11.2. The molecule has 158 valence electrons. The van der Waals surface area contributed by atoms with Gasteiger partial charge < -0.3 is 14.5 Å². The summed E-state index contributed by atoms with van der Waals surface area (Å²) in [5, 5.41) is 0. The highest BCUT2D eigenvalue weighted by Gasteiger charge is 2.51. The lowest BCUT2D eigenvalue weighted by Crippen LogP contribution is -2.59. The van der Waals surface area contributed by atoms with Crippen molar-refractivity contribution in [1.82, 2.24) is 4.90 Å². The highest BCUT2D eigenvalue weighted by atomic mass is 35.5. The minimum absolute atomic E-state index is 0. The number of anilines is 1. The molecule has 1 aliphatic carbocycles. The Kier molecular flexibility index (Phi) is 7.33. The molecule has 1 unspecified atom stereocenters. The van der Waals surface area contributed by atoms with Gasteiger partial charge in [-0.15, -0.1) is 12.4 Å². The highest BCUT2D eigenvalue weighted by molar-refractivity contribution is 5.85. The van der Waals surface area contributed by atoms with Gasteiger partial charge in [0.15, 0.2) is 0 Å². The first kappa shape index (κ1) is 21.9. The fraction of sp³-hybridized carbons (Fsp3) is 0.750. The summed E-state index contributed by atoms with van der Waals surface area (Å²) in [5.74, 6) is 1.81. The maximum atomic E-state index is 6.02. The molecule has 2 saturated heterocycles. The number of hydrogen-bond acceptors (Lipinski definition) is 3. The zero-order chi connectivity index (χ0) is 18.9. The van der Waals surface area contributed by atoms with Crippen LogP contribution in [0.5, 0.6) is 0 Å². The van der Waals surface area contributed by atoms with Gasteiger partial charge in [0.05, 0.1) is 11.6 Å². The van der Waals surface area contributed by atoms with Gasteiger partial charge in [-0.25, -0.2) is 0 Å². The Hall–Kier alpha value is -0.770. The maximum absolute atomic E-state index is 6.02. The molecule has 0 amide bonds. The average molecular weight is 407 g/mol. The molecular weight excluding hydrogens is 368 g/mol. The summed E-state index contributed by atoms with van der Waals surface area (Å²) in [6.07, 6.45) is 9.69. The summed E-state index contributed by atoms with van der Waals surface area (Å²) in [6.45, 7) is 8.40. The van der Waals surface area contributed by atoms with Crippen molar-refractivity contribution in [1.29, 1.82) is 0 Å². The third-order valence-corrected chi connectivity index (χ3v) is 7.97. The zero-order valence-corrected chi connectivity index (χ0v) is 18.8. The number of nitrogens with zero attached hydrogens (tertiary/aromatic N) is 2. The van der Waals surface area contributed by atoms with Crippen LogP contribution in [0.2, 0.25) is 0 Å². The molecule has 1 atom stereocenters. The Morgan fingerprint density at radius 1 is 0.929 bits per heavy atom. The van der Waals surface area contributed by atoms with Crippen molar-refractivity contribution in [2.24, 2.45) is 11.8 Å². The SMILES string of the molecule is COC1CCN(c2ccccc2)C12CCN(C1CCC(C(C)C)CC1)CC2.Cl.